The van der Waals surface area contributed by atoms with Crippen LogP contribution in [0.5, 0.6) is 0 Å². The highest BCUT2D eigenvalue weighted by atomic mass is 35.5. The number of rotatable bonds is 1. The number of hydrogen-bond donors (Lipinski definition) is 0. The van der Waals surface area contributed by atoms with Crippen molar-refractivity contribution >= 4 is 39.8 Å². The van der Waals surface area contributed by atoms with Crippen LogP contribution in [0.25, 0.3) is 0 Å². The van der Waals surface area contributed by atoms with Gasteiger partial charge in [0, 0.05) is 9.91 Å². The lowest BCUT2D eigenvalue weighted by Gasteiger charge is -2.17. The number of hydrogen-bond acceptors (Lipinski definition) is 4. The Balaban J connectivity index is 1.77. The van der Waals surface area contributed by atoms with E-state index in [-0.39, 0.29) is 23.7 Å². The van der Waals surface area contributed by atoms with Crippen molar-refractivity contribution in [2.45, 2.75) is 39.0 Å². The summed E-state index contributed by atoms with van der Waals surface area (Å²) < 4.78 is 0. The lowest BCUT2D eigenvalue weighted by Crippen LogP contribution is -2.30. The average molecular weight is 361 g/mol. The van der Waals surface area contributed by atoms with Gasteiger partial charge in [-0.15, -0.1) is 11.3 Å². The number of nitriles is 1. The normalized spacial score (nSPS) is 29.1. The molecule has 1 fully saturated rings. The molecular weight excluding hydrogens is 344 g/mol. The molecule has 24 heavy (non-hydrogen) atoms. The summed E-state index contributed by atoms with van der Waals surface area (Å²) >= 11 is 7.53. The molecule has 1 aromatic heterocycles. The molecule has 0 saturated carbocycles. The number of fused-ring (bicyclic) bond motifs is 2. The minimum Gasteiger partial charge on any atom is -0.274 e. The fourth-order valence-electron chi connectivity index (χ4n) is 4.04. The summed E-state index contributed by atoms with van der Waals surface area (Å²) in [5.74, 6) is -0.542. The van der Waals surface area contributed by atoms with Gasteiger partial charge in [-0.3, -0.25) is 9.59 Å². The van der Waals surface area contributed by atoms with E-state index in [0.717, 1.165) is 29.7 Å². The molecular formula is C18H17ClN2O2S. The lowest BCUT2D eigenvalue weighted by atomic mass is 9.85. The number of aryl methyl sites for hydroxylation is 1. The van der Waals surface area contributed by atoms with Crippen molar-refractivity contribution in [2.24, 2.45) is 17.8 Å². The summed E-state index contributed by atoms with van der Waals surface area (Å²) in [4.78, 5) is 28.1. The van der Waals surface area contributed by atoms with Crippen LogP contribution in [0.15, 0.2) is 11.1 Å². The first-order chi connectivity index (χ1) is 11.5. The standard InChI is InChI=1S/C18H17ClN2O2S/c1-9-2-5-15-12(6-9)14(8-20)18(24-15)21-16(22)11-4-3-10(19)7-13(11)17(21)23/h3,9,11,13H,2,4-7H2,1H3. The first-order valence-electron chi connectivity index (χ1n) is 8.28. The van der Waals surface area contributed by atoms with Crippen LogP contribution in [0.3, 0.4) is 0 Å². The molecule has 6 heteroatoms. The SMILES string of the molecule is CC1CCc2sc(N3C(=O)C4CC=C(Cl)CC4C3=O)c(C#N)c2C1. The molecule has 124 valence electrons. The van der Waals surface area contributed by atoms with Crippen LogP contribution in [0.4, 0.5) is 5.00 Å². The Morgan fingerprint density at radius 2 is 2.04 bits per heavy atom. The van der Waals surface area contributed by atoms with Gasteiger partial charge in [0.05, 0.1) is 17.4 Å². The molecule has 0 aromatic carbocycles. The monoisotopic (exact) mass is 360 g/mol. The van der Waals surface area contributed by atoms with Gasteiger partial charge < -0.3 is 0 Å². The smallest absolute Gasteiger partial charge is 0.238 e. The van der Waals surface area contributed by atoms with Crippen molar-refractivity contribution in [2.75, 3.05) is 4.90 Å². The third kappa shape index (κ3) is 2.24. The number of amides is 2. The number of thiophene rings is 1. The van der Waals surface area contributed by atoms with E-state index in [9.17, 15) is 14.9 Å². The minimum absolute atomic E-state index is 0.173. The van der Waals surface area contributed by atoms with E-state index in [4.69, 9.17) is 11.6 Å². The fraction of sp³-hybridized carbons (Fsp3) is 0.500. The summed E-state index contributed by atoms with van der Waals surface area (Å²) in [5, 5.41) is 10.8. The molecule has 0 radical (unpaired) electrons. The van der Waals surface area contributed by atoms with E-state index >= 15 is 0 Å². The largest absolute Gasteiger partial charge is 0.274 e. The summed E-state index contributed by atoms with van der Waals surface area (Å²) in [6, 6.07) is 2.26. The molecule has 0 N–H and O–H groups in total. The molecule has 2 aliphatic carbocycles. The fourth-order valence-corrected chi connectivity index (χ4v) is 5.60. The second-order valence-corrected chi connectivity index (χ2v) is 8.53. The molecule has 0 spiro atoms. The molecule has 1 saturated heterocycles. The zero-order chi connectivity index (χ0) is 17.0. The Hall–Kier alpha value is -1.64. The van der Waals surface area contributed by atoms with Gasteiger partial charge in [-0.2, -0.15) is 5.26 Å². The van der Waals surface area contributed by atoms with Gasteiger partial charge in [0.25, 0.3) is 0 Å². The number of carbonyl (C=O) groups excluding carboxylic acids is 2. The molecule has 4 nitrogen and oxygen atoms in total. The van der Waals surface area contributed by atoms with Gasteiger partial charge >= 0.3 is 0 Å². The Labute approximate surface area is 149 Å². The van der Waals surface area contributed by atoms with Crippen LogP contribution in [0, 0.1) is 29.1 Å². The Bertz CT molecular complexity index is 820. The molecule has 3 unspecified atom stereocenters. The number of anilines is 1. The molecule has 4 rings (SSSR count). The summed E-state index contributed by atoms with van der Waals surface area (Å²) in [7, 11) is 0. The van der Waals surface area contributed by atoms with Crippen molar-refractivity contribution in [3.05, 3.63) is 27.1 Å². The zero-order valence-corrected chi connectivity index (χ0v) is 14.9. The van der Waals surface area contributed by atoms with Crippen LogP contribution in [0.1, 0.15) is 42.2 Å². The van der Waals surface area contributed by atoms with E-state index in [1.54, 1.807) is 0 Å². The highest BCUT2D eigenvalue weighted by molar-refractivity contribution is 7.17. The van der Waals surface area contributed by atoms with Crippen LogP contribution in [0.2, 0.25) is 0 Å². The van der Waals surface area contributed by atoms with Crippen LogP contribution >= 0.6 is 22.9 Å². The molecule has 2 heterocycles. The maximum atomic E-state index is 12.9. The van der Waals surface area contributed by atoms with E-state index in [0.29, 0.717) is 34.4 Å². The third-order valence-corrected chi connectivity index (χ3v) is 6.96. The van der Waals surface area contributed by atoms with Crippen LogP contribution in [-0.4, -0.2) is 11.8 Å². The second kappa shape index (κ2) is 5.72. The first kappa shape index (κ1) is 15.9. The van der Waals surface area contributed by atoms with E-state index in [2.05, 4.69) is 13.0 Å². The number of imide groups is 1. The predicted octanol–water partition coefficient (Wildman–Crippen LogP) is 3.77. The maximum Gasteiger partial charge on any atom is 0.238 e. The average Bonchev–Trinajstić information content (AvgIpc) is 3.02. The summed E-state index contributed by atoms with van der Waals surface area (Å²) in [5.41, 5.74) is 1.57. The number of allylic oxidation sites excluding steroid dienone is 2. The van der Waals surface area contributed by atoms with Crippen molar-refractivity contribution in [1.82, 2.24) is 0 Å². The van der Waals surface area contributed by atoms with Crippen molar-refractivity contribution in [3.8, 4) is 6.07 Å². The Morgan fingerprint density at radius 3 is 2.79 bits per heavy atom. The van der Waals surface area contributed by atoms with Crippen LogP contribution < -0.4 is 4.90 Å². The second-order valence-electron chi connectivity index (χ2n) is 6.96. The molecule has 2 amide bonds. The third-order valence-electron chi connectivity index (χ3n) is 5.37. The summed E-state index contributed by atoms with van der Waals surface area (Å²) in [6.45, 7) is 2.18. The van der Waals surface area contributed by atoms with Gasteiger partial charge in [-0.1, -0.05) is 24.6 Å². The molecule has 1 aromatic rings. The van der Waals surface area contributed by atoms with E-state index < -0.39 is 0 Å². The van der Waals surface area contributed by atoms with Crippen molar-refractivity contribution in [3.63, 3.8) is 0 Å². The van der Waals surface area contributed by atoms with Gasteiger partial charge in [0.15, 0.2) is 0 Å². The Morgan fingerprint density at radius 1 is 1.29 bits per heavy atom. The highest BCUT2D eigenvalue weighted by Crippen LogP contribution is 2.46. The minimum atomic E-state index is -0.375. The van der Waals surface area contributed by atoms with E-state index in [1.165, 1.54) is 16.2 Å². The number of nitrogens with zero attached hydrogens (tertiary/aromatic N) is 2. The highest BCUT2D eigenvalue weighted by Gasteiger charge is 2.50. The van der Waals surface area contributed by atoms with Crippen molar-refractivity contribution < 1.29 is 9.59 Å². The van der Waals surface area contributed by atoms with Gasteiger partial charge in [0.1, 0.15) is 11.1 Å². The van der Waals surface area contributed by atoms with Gasteiger partial charge in [0.2, 0.25) is 11.8 Å². The number of halogens is 1. The molecule has 3 atom stereocenters. The molecule has 3 aliphatic rings. The predicted molar refractivity (Wildman–Crippen MR) is 92.9 cm³/mol. The van der Waals surface area contributed by atoms with E-state index in [1.807, 2.05) is 6.08 Å². The zero-order valence-electron chi connectivity index (χ0n) is 13.3. The Kier molecular flexibility index (Phi) is 3.78. The van der Waals surface area contributed by atoms with Gasteiger partial charge in [-0.25, -0.2) is 4.90 Å². The number of carbonyl (C=O) groups is 2. The summed E-state index contributed by atoms with van der Waals surface area (Å²) in [6.07, 6.45) is 5.64. The van der Waals surface area contributed by atoms with Crippen molar-refractivity contribution in [1.29, 1.82) is 5.26 Å². The quantitative estimate of drug-likeness (QED) is 0.716. The maximum absolute atomic E-state index is 12.9. The lowest BCUT2D eigenvalue weighted by molar-refractivity contribution is -0.122. The first-order valence-corrected chi connectivity index (χ1v) is 9.47. The van der Waals surface area contributed by atoms with Gasteiger partial charge in [-0.05, 0) is 43.6 Å². The van der Waals surface area contributed by atoms with Crippen LogP contribution in [-0.2, 0) is 22.4 Å². The molecule has 0 bridgehead atoms. The molecule has 1 aliphatic heterocycles. The topological polar surface area (TPSA) is 61.2 Å².